The third-order valence-corrected chi connectivity index (χ3v) is 1.93. The van der Waals surface area contributed by atoms with Gasteiger partial charge in [-0.1, -0.05) is 12.1 Å². The normalized spacial score (nSPS) is 9.85. The Morgan fingerprint density at radius 1 is 1.15 bits per heavy atom. The molecule has 0 aliphatic rings. The third-order valence-electron chi connectivity index (χ3n) is 1.93. The fraction of sp³-hybridized carbons (Fsp3) is 0.364. The number of aromatic hydroxyl groups is 1. The second-order valence-electron chi connectivity index (χ2n) is 3.02. The van der Waals surface area contributed by atoms with Gasteiger partial charge in [-0.15, -0.1) is 0 Å². The standard InChI is InChI=1S/C11H13O2/c12-9-3-1-2-4-10-5-7-11(13)8-6-10/h5-8,13H,1-4H2. The lowest BCUT2D eigenvalue weighted by Gasteiger charge is -1.99. The van der Waals surface area contributed by atoms with E-state index in [1.807, 2.05) is 18.4 Å². The second kappa shape index (κ2) is 5.36. The smallest absolute Gasteiger partial charge is 0.198 e. The molecule has 1 rings (SSSR count). The quantitative estimate of drug-likeness (QED) is 0.700. The minimum atomic E-state index is 0.296. The molecule has 0 aromatic heterocycles. The van der Waals surface area contributed by atoms with Gasteiger partial charge in [-0.05, 0) is 37.0 Å². The molecule has 0 saturated heterocycles. The molecule has 0 unspecified atom stereocenters. The molecule has 13 heavy (non-hydrogen) atoms. The number of phenols is 1. The van der Waals surface area contributed by atoms with E-state index in [-0.39, 0.29) is 0 Å². The zero-order chi connectivity index (χ0) is 9.52. The van der Waals surface area contributed by atoms with Crippen LogP contribution in [0.1, 0.15) is 24.8 Å². The van der Waals surface area contributed by atoms with Crippen molar-refractivity contribution in [2.45, 2.75) is 25.7 Å². The van der Waals surface area contributed by atoms with Gasteiger partial charge < -0.3 is 5.11 Å². The van der Waals surface area contributed by atoms with Crippen molar-refractivity contribution in [1.82, 2.24) is 0 Å². The summed E-state index contributed by atoms with van der Waals surface area (Å²) in [6.45, 7) is 0. The molecular formula is C11H13O2. The van der Waals surface area contributed by atoms with E-state index in [1.54, 1.807) is 12.1 Å². The first kappa shape index (κ1) is 9.78. The van der Waals surface area contributed by atoms with E-state index in [9.17, 15) is 4.79 Å². The Bertz CT molecular complexity index is 251. The Balaban J connectivity index is 2.28. The first-order chi connectivity index (χ1) is 6.33. The van der Waals surface area contributed by atoms with Crippen LogP contribution in [0.3, 0.4) is 0 Å². The van der Waals surface area contributed by atoms with Crippen molar-refractivity contribution in [3.63, 3.8) is 0 Å². The Morgan fingerprint density at radius 2 is 1.85 bits per heavy atom. The third kappa shape index (κ3) is 3.74. The second-order valence-corrected chi connectivity index (χ2v) is 3.02. The van der Waals surface area contributed by atoms with Gasteiger partial charge in [0.1, 0.15) is 5.75 Å². The fourth-order valence-corrected chi connectivity index (χ4v) is 1.19. The predicted octanol–water partition coefficient (Wildman–Crippen LogP) is 2.21. The number of carbonyl (C=O) groups excluding carboxylic acids is 1. The molecule has 1 radical (unpaired) electrons. The van der Waals surface area contributed by atoms with Crippen molar-refractivity contribution in [3.8, 4) is 5.75 Å². The fourth-order valence-electron chi connectivity index (χ4n) is 1.19. The number of aryl methyl sites for hydroxylation is 1. The predicted molar refractivity (Wildman–Crippen MR) is 51.4 cm³/mol. The molecule has 0 fully saturated rings. The van der Waals surface area contributed by atoms with E-state index in [4.69, 9.17) is 5.11 Å². The van der Waals surface area contributed by atoms with Crippen LogP contribution in [-0.2, 0) is 11.2 Å². The summed E-state index contributed by atoms with van der Waals surface area (Å²) in [5.41, 5.74) is 1.20. The van der Waals surface area contributed by atoms with Gasteiger partial charge in [0.2, 0.25) is 0 Å². The van der Waals surface area contributed by atoms with Gasteiger partial charge in [-0.3, -0.25) is 4.79 Å². The van der Waals surface area contributed by atoms with Crippen LogP contribution in [-0.4, -0.2) is 11.4 Å². The molecule has 1 aromatic carbocycles. The van der Waals surface area contributed by atoms with Gasteiger partial charge in [0, 0.05) is 6.42 Å². The highest BCUT2D eigenvalue weighted by atomic mass is 16.3. The van der Waals surface area contributed by atoms with E-state index >= 15 is 0 Å². The van der Waals surface area contributed by atoms with E-state index in [0.29, 0.717) is 12.2 Å². The van der Waals surface area contributed by atoms with Crippen molar-refractivity contribution in [1.29, 1.82) is 0 Å². The molecule has 1 aromatic rings. The van der Waals surface area contributed by atoms with Crippen LogP contribution in [0.5, 0.6) is 5.75 Å². The van der Waals surface area contributed by atoms with Gasteiger partial charge in [0.25, 0.3) is 0 Å². The Kier molecular flexibility index (Phi) is 4.03. The van der Waals surface area contributed by atoms with E-state index in [1.165, 1.54) is 5.56 Å². The lowest BCUT2D eigenvalue weighted by Crippen LogP contribution is -1.85. The van der Waals surface area contributed by atoms with Crippen LogP contribution >= 0.6 is 0 Å². The van der Waals surface area contributed by atoms with Gasteiger partial charge in [-0.2, -0.15) is 0 Å². The lowest BCUT2D eigenvalue weighted by atomic mass is 10.1. The maximum Gasteiger partial charge on any atom is 0.198 e. The van der Waals surface area contributed by atoms with Gasteiger partial charge >= 0.3 is 0 Å². The van der Waals surface area contributed by atoms with Crippen molar-refractivity contribution < 1.29 is 9.90 Å². The average molecular weight is 177 g/mol. The molecule has 0 spiro atoms. The van der Waals surface area contributed by atoms with Crippen LogP contribution in [0.25, 0.3) is 0 Å². The molecule has 0 atom stereocenters. The summed E-state index contributed by atoms with van der Waals surface area (Å²) in [5.74, 6) is 0.296. The molecule has 2 nitrogen and oxygen atoms in total. The van der Waals surface area contributed by atoms with E-state index in [2.05, 4.69) is 0 Å². The number of hydrogen-bond acceptors (Lipinski definition) is 2. The monoisotopic (exact) mass is 177 g/mol. The number of phenolic OH excluding ortho intramolecular Hbond substituents is 1. The highest BCUT2D eigenvalue weighted by Gasteiger charge is 1.93. The molecule has 1 N–H and O–H groups in total. The van der Waals surface area contributed by atoms with Gasteiger partial charge in [-0.25, -0.2) is 0 Å². The maximum absolute atomic E-state index is 9.90. The molecule has 69 valence electrons. The zero-order valence-electron chi connectivity index (χ0n) is 7.49. The molecule has 0 saturated carbocycles. The number of rotatable bonds is 5. The highest BCUT2D eigenvalue weighted by Crippen LogP contribution is 2.11. The van der Waals surface area contributed by atoms with Crippen molar-refractivity contribution in [3.05, 3.63) is 29.8 Å². The summed E-state index contributed by atoms with van der Waals surface area (Å²) in [5, 5.41) is 9.01. The lowest BCUT2D eigenvalue weighted by molar-refractivity contribution is 0.475. The summed E-state index contributed by atoms with van der Waals surface area (Å²) in [4.78, 5) is 9.90. The minimum Gasteiger partial charge on any atom is -0.508 e. The van der Waals surface area contributed by atoms with Crippen LogP contribution < -0.4 is 0 Å². The van der Waals surface area contributed by atoms with Gasteiger partial charge in [0.15, 0.2) is 6.29 Å². The molecule has 0 aliphatic carbocycles. The first-order valence-electron chi connectivity index (χ1n) is 4.46. The summed E-state index contributed by atoms with van der Waals surface area (Å²) in [7, 11) is 0. The maximum atomic E-state index is 9.90. The summed E-state index contributed by atoms with van der Waals surface area (Å²) in [6, 6.07) is 7.17. The summed E-state index contributed by atoms with van der Waals surface area (Å²) >= 11 is 0. The molecule has 0 heterocycles. The number of unbranched alkanes of at least 4 members (excludes halogenated alkanes) is 2. The van der Waals surface area contributed by atoms with E-state index in [0.717, 1.165) is 19.3 Å². The first-order valence-corrected chi connectivity index (χ1v) is 4.46. The summed E-state index contributed by atoms with van der Waals surface area (Å²) < 4.78 is 0. The van der Waals surface area contributed by atoms with Gasteiger partial charge in [0.05, 0.1) is 0 Å². The molecule has 0 bridgehead atoms. The number of benzene rings is 1. The van der Waals surface area contributed by atoms with Crippen molar-refractivity contribution >= 4 is 6.29 Å². The Hall–Kier alpha value is -1.31. The van der Waals surface area contributed by atoms with Crippen molar-refractivity contribution in [2.75, 3.05) is 0 Å². The molecular weight excluding hydrogens is 164 g/mol. The van der Waals surface area contributed by atoms with Crippen LogP contribution in [0, 0.1) is 0 Å². The largest absolute Gasteiger partial charge is 0.508 e. The molecule has 0 amide bonds. The molecule has 2 heteroatoms. The zero-order valence-corrected chi connectivity index (χ0v) is 7.49. The Labute approximate surface area is 78.2 Å². The average Bonchev–Trinajstić information content (AvgIpc) is 2.15. The molecule has 0 aliphatic heterocycles. The van der Waals surface area contributed by atoms with Crippen LogP contribution in [0.4, 0.5) is 0 Å². The highest BCUT2D eigenvalue weighted by molar-refractivity contribution is 5.50. The minimum absolute atomic E-state index is 0.296. The van der Waals surface area contributed by atoms with Crippen LogP contribution in [0.2, 0.25) is 0 Å². The SMILES string of the molecule is O=[C]CCCCc1ccc(O)cc1. The summed E-state index contributed by atoms with van der Waals surface area (Å²) in [6.07, 6.45) is 5.25. The Morgan fingerprint density at radius 3 is 2.46 bits per heavy atom. The number of hydrogen-bond donors (Lipinski definition) is 1. The van der Waals surface area contributed by atoms with Crippen molar-refractivity contribution in [2.24, 2.45) is 0 Å². The van der Waals surface area contributed by atoms with E-state index < -0.39 is 0 Å². The van der Waals surface area contributed by atoms with Crippen LogP contribution in [0.15, 0.2) is 24.3 Å². The topological polar surface area (TPSA) is 37.3 Å².